The number of piperidine rings is 1. The predicted molar refractivity (Wildman–Crippen MR) is 95.8 cm³/mol. The smallest absolute Gasteiger partial charge is 0.242 e. The molecule has 0 aromatic heterocycles. The molecule has 1 saturated heterocycles. The van der Waals surface area contributed by atoms with Gasteiger partial charge in [-0.2, -0.15) is 0 Å². The number of aryl methyl sites for hydroxylation is 1. The van der Waals surface area contributed by atoms with Crippen LogP contribution in [0.1, 0.15) is 46.1 Å². The second-order valence-corrected chi connectivity index (χ2v) is 10.1. The lowest BCUT2D eigenvalue weighted by Gasteiger charge is -2.46. The van der Waals surface area contributed by atoms with Gasteiger partial charge in [0.25, 0.3) is 0 Å². The van der Waals surface area contributed by atoms with Gasteiger partial charge in [0, 0.05) is 22.1 Å². The standard InChI is InChI=1S/C16H24Cl2N2O2S/c1-10-6-14(13(18)7-12(10)17)23(21,22)19-11-8-15(2,3)20-16(4,5)9-11/h6-7,11,19-20H,8-9H2,1-5H3. The molecular formula is C16H24Cl2N2O2S. The zero-order valence-corrected chi connectivity index (χ0v) is 16.5. The van der Waals surface area contributed by atoms with E-state index in [4.69, 9.17) is 23.2 Å². The van der Waals surface area contributed by atoms with Gasteiger partial charge >= 0.3 is 0 Å². The highest BCUT2D eigenvalue weighted by molar-refractivity contribution is 7.89. The van der Waals surface area contributed by atoms with Crippen molar-refractivity contribution in [1.29, 1.82) is 0 Å². The summed E-state index contributed by atoms with van der Waals surface area (Å²) in [4.78, 5) is 0.0789. The molecule has 4 nitrogen and oxygen atoms in total. The third-order valence-electron chi connectivity index (χ3n) is 4.01. The number of nitrogens with one attached hydrogen (secondary N) is 2. The molecule has 0 radical (unpaired) electrons. The third kappa shape index (κ3) is 4.60. The molecule has 130 valence electrons. The summed E-state index contributed by atoms with van der Waals surface area (Å²) in [5, 5.41) is 4.13. The second-order valence-electron chi connectivity index (χ2n) is 7.65. The fourth-order valence-electron chi connectivity index (χ4n) is 3.53. The SMILES string of the molecule is Cc1cc(S(=O)(=O)NC2CC(C)(C)NC(C)(C)C2)c(Cl)cc1Cl. The van der Waals surface area contributed by atoms with Crippen molar-refractivity contribution < 1.29 is 8.42 Å². The molecule has 0 aliphatic carbocycles. The Morgan fingerprint density at radius 1 is 1.09 bits per heavy atom. The van der Waals surface area contributed by atoms with Gasteiger partial charge in [-0.15, -0.1) is 0 Å². The summed E-state index contributed by atoms with van der Waals surface area (Å²) in [6.45, 7) is 10.1. The minimum absolute atomic E-state index is 0.0789. The van der Waals surface area contributed by atoms with Crippen LogP contribution in [0.2, 0.25) is 10.0 Å². The number of sulfonamides is 1. The average molecular weight is 379 g/mol. The van der Waals surface area contributed by atoms with E-state index in [1.54, 1.807) is 6.92 Å². The summed E-state index contributed by atoms with van der Waals surface area (Å²) >= 11 is 12.1. The molecule has 23 heavy (non-hydrogen) atoms. The van der Waals surface area contributed by atoms with Crippen molar-refractivity contribution in [2.24, 2.45) is 0 Å². The molecule has 1 aliphatic rings. The summed E-state index contributed by atoms with van der Waals surface area (Å²) in [6, 6.07) is 2.84. The molecule has 1 aliphatic heterocycles. The molecule has 0 atom stereocenters. The fraction of sp³-hybridized carbons (Fsp3) is 0.625. The van der Waals surface area contributed by atoms with Crippen molar-refractivity contribution in [2.45, 2.75) is 69.5 Å². The molecule has 7 heteroatoms. The van der Waals surface area contributed by atoms with Crippen LogP contribution in [0, 0.1) is 6.92 Å². The molecule has 1 aromatic carbocycles. The highest BCUT2D eigenvalue weighted by Gasteiger charge is 2.39. The Kier molecular flexibility index (Phi) is 5.11. The molecule has 0 unspecified atom stereocenters. The Morgan fingerprint density at radius 3 is 2.13 bits per heavy atom. The van der Waals surface area contributed by atoms with Crippen molar-refractivity contribution in [3.8, 4) is 0 Å². The molecule has 2 rings (SSSR count). The lowest BCUT2D eigenvalue weighted by Crippen LogP contribution is -2.62. The summed E-state index contributed by atoms with van der Waals surface area (Å²) in [5.41, 5.74) is 0.394. The summed E-state index contributed by atoms with van der Waals surface area (Å²) < 4.78 is 28.3. The van der Waals surface area contributed by atoms with Crippen molar-refractivity contribution in [2.75, 3.05) is 0 Å². The number of halogens is 2. The van der Waals surface area contributed by atoms with Gasteiger partial charge in [0.2, 0.25) is 10.0 Å². The molecule has 1 heterocycles. The number of benzene rings is 1. The summed E-state index contributed by atoms with van der Waals surface area (Å²) in [7, 11) is -3.70. The van der Waals surface area contributed by atoms with E-state index in [9.17, 15) is 8.42 Å². The van der Waals surface area contributed by atoms with Gasteiger partial charge in [-0.25, -0.2) is 13.1 Å². The lowest BCUT2D eigenvalue weighted by molar-refractivity contribution is 0.157. The lowest BCUT2D eigenvalue weighted by atomic mass is 9.80. The monoisotopic (exact) mass is 378 g/mol. The quantitative estimate of drug-likeness (QED) is 0.838. The van der Waals surface area contributed by atoms with Gasteiger partial charge < -0.3 is 5.32 Å². The van der Waals surface area contributed by atoms with Crippen LogP contribution in [0.25, 0.3) is 0 Å². The van der Waals surface area contributed by atoms with Crippen molar-refractivity contribution in [3.63, 3.8) is 0 Å². The van der Waals surface area contributed by atoms with E-state index < -0.39 is 10.0 Å². The van der Waals surface area contributed by atoms with Crippen LogP contribution in [0.4, 0.5) is 0 Å². The largest absolute Gasteiger partial charge is 0.307 e. The van der Waals surface area contributed by atoms with Gasteiger partial charge in [0.1, 0.15) is 4.90 Å². The maximum Gasteiger partial charge on any atom is 0.242 e. The average Bonchev–Trinajstić information content (AvgIpc) is 2.28. The summed E-state index contributed by atoms with van der Waals surface area (Å²) in [6.07, 6.45) is 1.42. The van der Waals surface area contributed by atoms with Crippen LogP contribution in [0.3, 0.4) is 0 Å². The van der Waals surface area contributed by atoms with E-state index in [1.165, 1.54) is 12.1 Å². The molecule has 0 spiro atoms. The summed E-state index contributed by atoms with van der Waals surface area (Å²) in [5.74, 6) is 0. The van der Waals surface area contributed by atoms with Crippen molar-refractivity contribution in [3.05, 3.63) is 27.7 Å². The van der Waals surface area contributed by atoms with E-state index in [0.29, 0.717) is 23.4 Å². The van der Waals surface area contributed by atoms with Gasteiger partial charge in [0.05, 0.1) is 5.02 Å². The van der Waals surface area contributed by atoms with Crippen LogP contribution in [-0.4, -0.2) is 25.5 Å². The Labute approximate surface area is 149 Å². The first-order valence-electron chi connectivity index (χ1n) is 7.59. The molecular weight excluding hydrogens is 355 g/mol. The molecule has 0 bridgehead atoms. The van der Waals surface area contributed by atoms with Gasteiger partial charge in [-0.05, 0) is 65.2 Å². The molecule has 1 fully saturated rings. The van der Waals surface area contributed by atoms with E-state index in [1.807, 2.05) is 0 Å². The number of rotatable bonds is 3. The second kappa shape index (κ2) is 6.19. The molecule has 1 aromatic rings. The minimum Gasteiger partial charge on any atom is -0.307 e. The number of hydrogen-bond donors (Lipinski definition) is 2. The van der Waals surface area contributed by atoms with Gasteiger partial charge in [-0.3, -0.25) is 0 Å². The predicted octanol–water partition coefficient (Wildman–Crippen LogP) is 3.89. The van der Waals surface area contributed by atoms with Gasteiger partial charge in [0.15, 0.2) is 0 Å². The Balaban J connectivity index is 2.30. The van der Waals surface area contributed by atoms with E-state index in [-0.39, 0.29) is 27.0 Å². The van der Waals surface area contributed by atoms with Crippen LogP contribution in [0.15, 0.2) is 17.0 Å². The van der Waals surface area contributed by atoms with Crippen LogP contribution in [0.5, 0.6) is 0 Å². The first-order valence-corrected chi connectivity index (χ1v) is 9.83. The highest BCUT2D eigenvalue weighted by atomic mass is 35.5. The normalized spacial score (nSPS) is 21.3. The van der Waals surface area contributed by atoms with Crippen LogP contribution in [-0.2, 0) is 10.0 Å². The zero-order valence-electron chi connectivity index (χ0n) is 14.1. The van der Waals surface area contributed by atoms with E-state index in [2.05, 4.69) is 37.7 Å². The minimum atomic E-state index is -3.70. The van der Waals surface area contributed by atoms with E-state index in [0.717, 1.165) is 0 Å². The topological polar surface area (TPSA) is 58.2 Å². The first kappa shape index (κ1) is 19.0. The van der Waals surface area contributed by atoms with Crippen molar-refractivity contribution in [1.82, 2.24) is 10.0 Å². The molecule has 0 saturated carbocycles. The maximum absolute atomic E-state index is 12.7. The van der Waals surface area contributed by atoms with Gasteiger partial charge in [-0.1, -0.05) is 23.2 Å². The fourth-order valence-corrected chi connectivity index (χ4v) is 5.59. The third-order valence-corrected chi connectivity index (χ3v) is 6.41. The first-order chi connectivity index (χ1) is 10.3. The van der Waals surface area contributed by atoms with E-state index >= 15 is 0 Å². The Morgan fingerprint density at radius 2 is 1.61 bits per heavy atom. The Bertz CT molecular complexity index is 699. The highest BCUT2D eigenvalue weighted by Crippen LogP contribution is 2.32. The van der Waals surface area contributed by atoms with Crippen molar-refractivity contribution >= 4 is 33.2 Å². The maximum atomic E-state index is 12.7. The molecule has 2 N–H and O–H groups in total. The zero-order chi connectivity index (χ0) is 17.6. The van der Waals surface area contributed by atoms with Crippen LogP contribution < -0.4 is 10.0 Å². The van der Waals surface area contributed by atoms with Crippen LogP contribution >= 0.6 is 23.2 Å². The Hall–Kier alpha value is -0.330. The molecule has 0 amide bonds. The number of hydrogen-bond acceptors (Lipinski definition) is 3.